The summed E-state index contributed by atoms with van der Waals surface area (Å²) in [6, 6.07) is 3.91. The lowest BCUT2D eigenvalue weighted by Gasteiger charge is -2.21. The third kappa shape index (κ3) is 1.88. The van der Waals surface area contributed by atoms with Gasteiger partial charge in [-0.05, 0) is 24.3 Å². The van der Waals surface area contributed by atoms with Crippen LogP contribution in [0.1, 0.15) is 32.5 Å². The molecule has 0 amide bonds. The van der Waals surface area contributed by atoms with Crippen LogP contribution in [0, 0.1) is 0 Å². The number of hydrogen-bond donors (Lipinski definition) is 1. The Morgan fingerprint density at radius 3 is 2.75 bits per heavy atom. The number of nitrogens with two attached hydrogens (primary N) is 1. The molecule has 2 rings (SSSR count). The summed E-state index contributed by atoms with van der Waals surface area (Å²) in [6.07, 6.45) is 1.60. The predicted molar refractivity (Wildman–Crippen MR) is 64.1 cm³/mol. The minimum atomic E-state index is -0.473. The Morgan fingerprint density at radius 1 is 1.44 bits per heavy atom. The van der Waals surface area contributed by atoms with E-state index in [0.29, 0.717) is 11.7 Å². The molecule has 0 aliphatic carbocycles. The van der Waals surface area contributed by atoms with E-state index in [1.165, 1.54) is 0 Å². The van der Waals surface area contributed by atoms with E-state index < -0.39 is 5.54 Å². The second-order valence-corrected chi connectivity index (χ2v) is 4.71. The minimum absolute atomic E-state index is 0.473. The van der Waals surface area contributed by atoms with Crippen LogP contribution < -0.4 is 5.73 Å². The standard InChI is InChI=1S/C11H15N3OS/c1-3-11(12,4-2)10-13-9(15-14-10)8-6-5-7-16-8/h5-7H,3-4,12H2,1-2H3. The molecule has 0 radical (unpaired) electrons. The SMILES string of the molecule is CCC(N)(CC)c1noc(-c2cccs2)n1. The highest BCUT2D eigenvalue weighted by molar-refractivity contribution is 7.13. The molecule has 86 valence electrons. The maximum atomic E-state index is 6.20. The Morgan fingerprint density at radius 2 is 2.19 bits per heavy atom. The molecule has 2 aromatic heterocycles. The molecule has 0 saturated carbocycles. The lowest BCUT2D eigenvalue weighted by Crippen LogP contribution is -2.36. The zero-order valence-corrected chi connectivity index (χ0v) is 10.3. The predicted octanol–water partition coefficient (Wildman–Crippen LogP) is 2.77. The normalized spacial score (nSPS) is 11.9. The van der Waals surface area contributed by atoms with Gasteiger partial charge in [0.25, 0.3) is 5.89 Å². The van der Waals surface area contributed by atoms with Gasteiger partial charge in [0.15, 0.2) is 5.82 Å². The van der Waals surface area contributed by atoms with Crippen LogP contribution in [-0.4, -0.2) is 10.1 Å². The van der Waals surface area contributed by atoms with Gasteiger partial charge in [-0.25, -0.2) is 0 Å². The number of thiophene rings is 1. The van der Waals surface area contributed by atoms with E-state index in [4.69, 9.17) is 10.3 Å². The van der Waals surface area contributed by atoms with Crippen molar-refractivity contribution < 1.29 is 4.52 Å². The van der Waals surface area contributed by atoms with E-state index in [1.54, 1.807) is 11.3 Å². The maximum Gasteiger partial charge on any atom is 0.268 e. The summed E-state index contributed by atoms with van der Waals surface area (Å²) in [5.74, 6) is 1.16. The van der Waals surface area contributed by atoms with Crippen LogP contribution in [-0.2, 0) is 5.54 Å². The van der Waals surface area contributed by atoms with Crippen LogP contribution >= 0.6 is 11.3 Å². The van der Waals surface area contributed by atoms with Crippen LogP contribution in [0.5, 0.6) is 0 Å². The third-order valence-electron chi connectivity index (χ3n) is 2.87. The Bertz CT molecular complexity index is 446. The number of nitrogens with zero attached hydrogens (tertiary/aromatic N) is 2. The molecule has 16 heavy (non-hydrogen) atoms. The first-order valence-electron chi connectivity index (χ1n) is 5.36. The molecule has 2 heterocycles. The first-order chi connectivity index (χ1) is 7.69. The van der Waals surface area contributed by atoms with Crippen molar-refractivity contribution in [2.75, 3.05) is 0 Å². The van der Waals surface area contributed by atoms with Gasteiger partial charge in [0.1, 0.15) is 0 Å². The largest absolute Gasteiger partial charge is 0.333 e. The van der Waals surface area contributed by atoms with Crippen molar-refractivity contribution in [3.63, 3.8) is 0 Å². The van der Waals surface area contributed by atoms with Crippen LogP contribution in [0.4, 0.5) is 0 Å². The van der Waals surface area contributed by atoms with Crippen molar-refractivity contribution in [2.45, 2.75) is 32.2 Å². The van der Waals surface area contributed by atoms with Gasteiger partial charge in [0, 0.05) is 0 Å². The smallest absolute Gasteiger partial charge is 0.268 e. The molecule has 0 aliphatic heterocycles. The number of hydrogen-bond acceptors (Lipinski definition) is 5. The van der Waals surface area contributed by atoms with Gasteiger partial charge in [-0.3, -0.25) is 0 Å². The van der Waals surface area contributed by atoms with Crippen LogP contribution in [0.25, 0.3) is 10.8 Å². The second kappa shape index (κ2) is 4.35. The summed E-state index contributed by atoms with van der Waals surface area (Å²) in [6.45, 7) is 4.06. The molecule has 0 aliphatic rings. The second-order valence-electron chi connectivity index (χ2n) is 3.76. The summed E-state index contributed by atoms with van der Waals surface area (Å²) in [5, 5.41) is 5.96. The van der Waals surface area contributed by atoms with Gasteiger partial charge in [-0.1, -0.05) is 25.1 Å². The van der Waals surface area contributed by atoms with Crippen molar-refractivity contribution in [1.29, 1.82) is 0 Å². The van der Waals surface area contributed by atoms with Crippen molar-refractivity contribution in [3.8, 4) is 10.8 Å². The Kier molecular flexibility index (Phi) is 3.07. The van der Waals surface area contributed by atoms with Crippen molar-refractivity contribution >= 4 is 11.3 Å². The lowest BCUT2D eigenvalue weighted by atomic mass is 9.93. The van der Waals surface area contributed by atoms with E-state index in [9.17, 15) is 0 Å². The summed E-state index contributed by atoms with van der Waals surface area (Å²) >= 11 is 1.58. The fourth-order valence-electron chi connectivity index (χ4n) is 1.49. The monoisotopic (exact) mass is 237 g/mol. The molecular formula is C11H15N3OS. The minimum Gasteiger partial charge on any atom is -0.333 e. The number of rotatable bonds is 4. The highest BCUT2D eigenvalue weighted by Crippen LogP contribution is 2.27. The van der Waals surface area contributed by atoms with E-state index in [1.807, 2.05) is 31.4 Å². The Balaban J connectivity index is 2.33. The Hall–Kier alpha value is -1.20. The van der Waals surface area contributed by atoms with Gasteiger partial charge >= 0.3 is 0 Å². The molecule has 5 heteroatoms. The van der Waals surface area contributed by atoms with Crippen LogP contribution in [0.15, 0.2) is 22.0 Å². The molecule has 0 unspecified atom stereocenters. The molecule has 0 fully saturated rings. The molecule has 4 nitrogen and oxygen atoms in total. The highest BCUT2D eigenvalue weighted by atomic mass is 32.1. The topological polar surface area (TPSA) is 64.9 Å². The van der Waals surface area contributed by atoms with Crippen molar-refractivity contribution in [1.82, 2.24) is 10.1 Å². The zero-order chi connectivity index (χ0) is 11.6. The first-order valence-corrected chi connectivity index (χ1v) is 6.24. The summed E-state index contributed by atoms with van der Waals surface area (Å²) in [4.78, 5) is 5.35. The van der Waals surface area contributed by atoms with E-state index >= 15 is 0 Å². The van der Waals surface area contributed by atoms with Crippen LogP contribution in [0.2, 0.25) is 0 Å². The fourth-order valence-corrected chi connectivity index (χ4v) is 2.14. The molecule has 2 aromatic rings. The number of aromatic nitrogens is 2. The highest BCUT2D eigenvalue weighted by Gasteiger charge is 2.29. The summed E-state index contributed by atoms with van der Waals surface area (Å²) < 4.78 is 5.23. The quantitative estimate of drug-likeness (QED) is 0.888. The molecule has 2 N–H and O–H groups in total. The van der Waals surface area contributed by atoms with Gasteiger partial charge in [-0.2, -0.15) is 4.98 Å². The molecule has 0 bridgehead atoms. The Labute approximate surface area is 98.5 Å². The van der Waals surface area contributed by atoms with Crippen molar-refractivity contribution in [3.05, 3.63) is 23.3 Å². The molecule has 0 aromatic carbocycles. The molecule has 0 saturated heterocycles. The molecule has 0 spiro atoms. The average molecular weight is 237 g/mol. The lowest BCUT2D eigenvalue weighted by molar-refractivity contribution is 0.350. The zero-order valence-electron chi connectivity index (χ0n) is 9.43. The molecular weight excluding hydrogens is 222 g/mol. The summed E-state index contributed by atoms with van der Waals surface area (Å²) in [5.41, 5.74) is 5.73. The molecule has 0 atom stereocenters. The third-order valence-corrected chi connectivity index (χ3v) is 3.72. The summed E-state index contributed by atoms with van der Waals surface area (Å²) in [7, 11) is 0. The van der Waals surface area contributed by atoms with Crippen molar-refractivity contribution in [2.24, 2.45) is 5.73 Å². The van der Waals surface area contributed by atoms with Gasteiger partial charge in [0.05, 0.1) is 10.4 Å². The first kappa shape index (κ1) is 11.3. The van der Waals surface area contributed by atoms with E-state index in [0.717, 1.165) is 17.7 Å². The van der Waals surface area contributed by atoms with E-state index in [-0.39, 0.29) is 0 Å². The van der Waals surface area contributed by atoms with Gasteiger partial charge in [-0.15, -0.1) is 11.3 Å². The van der Waals surface area contributed by atoms with Crippen LogP contribution in [0.3, 0.4) is 0 Å². The van der Waals surface area contributed by atoms with Gasteiger partial charge in [0.2, 0.25) is 0 Å². The fraction of sp³-hybridized carbons (Fsp3) is 0.455. The van der Waals surface area contributed by atoms with Gasteiger partial charge < -0.3 is 10.3 Å². The van der Waals surface area contributed by atoms with E-state index in [2.05, 4.69) is 10.1 Å². The average Bonchev–Trinajstić information content (AvgIpc) is 2.97. The maximum absolute atomic E-state index is 6.20.